The summed E-state index contributed by atoms with van der Waals surface area (Å²) in [4.78, 5) is 26.4. The third-order valence-corrected chi connectivity index (χ3v) is 3.39. The first-order valence-electron chi connectivity index (χ1n) is 6.32. The fourth-order valence-corrected chi connectivity index (χ4v) is 2.39. The van der Waals surface area contributed by atoms with Gasteiger partial charge in [0.1, 0.15) is 5.82 Å². The first kappa shape index (κ1) is 15.1. The van der Waals surface area contributed by atoms with Crippen LogP contribution in [0.3, 0.4) is 0 Å². The number of carbonyl (C=O) groups excluding carboxylic acids is 2. The Balaban J connectivity index is 2.22. The van der Waals surface area contributed by atoms with Crippen LogP contribution in [0.5, 0.6) is 0 Å². The summed E-state index contributed by atoms with van der Waals surface area (Å²) in [5, 5.41) is 7.24. The number of hydrogen-bond donors (Lipinski definition) is 2. The second kappa shape index (κ2) is 6.45. The van der Waals surface area contributed by atoms with Crippen LogP contribution in [0, 0.1) is 5.82 Å². The van der Waals surface area contributed by atoms with Crippen LogP contribution in [-0.2, 0) is 9.59 Å². The molecule has 1 heterocycles. The van der Waals surface area contributed by atoms with Crippen LogP contribution < -0.4 is 10.6 Å². The van der Waals surface area contributed by atoms with Crippen LogP contribution in [-0.4, -0.2) is 16.8 Å². The van der Waals surface area contributed by atoms with Gasteiger partial charge in [-0.15, -0.1) is 11.3 Å². The minimum atomic E-state index is -0.486. The summed E-state index contributed by atoms with van der Waals surface area (Å²) in [6, 6.07) is 4.38. The molecule has 0 atom stereocenters. The molecule has 2 amide bonds. The molecule has 2 N–H and O–H groups in total. The number of nitrogens with one attached hydrogen (secondary N) is 2. The fourth-order valence-electron chi connectivity index (χ4n) is 1.67. The number of halogens is 1. The molecule has 0 aliphatic carbocycles. The molecular weight excluding hydrogens is 293 g/mol. The zero-order valence-electron chi connectivity index (χ0n) is 11.6. The number of aromatic nitrogens is 1. The molecule has 0 saturated carbocycles. The van der Waals surface area contributed by atoms with Crippen molar-refractivity contribution < 1.29 is 14.0 Å². The van der Waals surface area contributed by atoms with Crippen LogP contribution in [0.1, 0.15) is 20.3 Å². The quantitative estimate of drug-likeness (QED) is 0.910. The van der Waals surface area contributed by atoms with Crippen LogP contribution in [0.2, 0.25) is 0 Å². The Morgan fingerprint density at radius 1 is 1.33 bits per heavy atom. The number of amides is 2. The maximum absolute atomic E-state index is 14.1. The molecule has 1 aromatic carbocycles. The van der Waals surface area contributed by atoms with Crippen molar-refractivity contribution in [1.29, 1.82) is 0 Å². The molecule has 0 spiro atoms. The van der Waals surface area contributed by atoms with Gasteiger partial charge in [0.2, 0.25) is 11.8 Å². The standard InChI is InChI=1S/C14H14FN3O2S/c1-3-13(20)18-14-17-12(7-21-14)10-5-4-9(6-11(10)15)16-8(2)19/h4-7H,3H2,1-2H3,(H,16,19)(H,17,18,20). The zero-order valence-corrected chi connectivity index (χ0v) is 12.4. The van der Waals surface area contributed by atoms with Crippen molar-refractivity contribution in [3.63, 3.8) is 0 Å². The lowest BCUT2D eigenvalue weighted by Crippen LogP contribution is -2.08. The van der Waals surface area contributed by atoms with E-state index >= 15 is 0 Å². The van der Waals surface area contributed by atoms with Crippen LogP contribution in [0.25, 0.3) is 11.3 Å². The van der Waals surface area contributed by atoms with Gasteiger partial charge in [-0.2, -0.15) is 0 Å². The highest BCUT2D eigenvalue weighted by Gasteiger charge is 2.11. The highest BCUT2D eigenvalue weighted by molar-refractivity contribution is 7.14. The van der Waals surface area contributed by atoms with Gasteiger partial charge in [-0.05, 0) is 18.2 Å². The SMILES string of the molecule is CCC(=O)Nc1nc(-c2ccc(NC(C)=O)cc2F)cs1. The van der Waals surface area contributed by atoms with Crippen molar-refractivity contribution in [2.24, 2.45) is 0 Å². The Bertz CT molecular complexity index is 685. The van der Waals surface area contributed by atoms with E-state index in [1.165, 1.54) is 24.3 Å². The molecule has 0 aliphatic heterocycles. The Morgan fingerprint density at radius 2 is 2.10 bits per heavy atom. The predicted octanol–water partition coefficient (Wildman–Crippen LogP) is 3.26. The third-order valence-electron chi connectivity index (χ3n) is 2.64. The number of nitrogens with zero attached hydrogens (tertiary/aromatic N) is 1. The molecule has 0 bridgehead atoms. The van der Waals surface area contributed by atoms with E-state index in [4.69, 9.17) is 0 Å². The lowest BCUT2D eigenvalue weighted by Gasteiger charge is -2.04. The average molecular weight is 307 g/mol. The summed E-state index contributed by atoms with van der Waals surface area (Å²) in [6.07, 6.45) is 0.356. The molecular formula is C14H14FN3O2S. The van der Waals surface area contributed by atoms with Gasteiger partial charge in [0.05, 0.1) is 5.69 Å². The summed E-state index contributed by atoms with van der Waals surface area (Å²) in [6.45, 7) is 3.10. The van der Waals surface area contributed by atoms with Crippen molar-refractivity contribution in [3.8, 4) is 11.3 Å². The lowest BCUT2D eigenvalue weighted by molar-refractivity contribution is -0.116. The average Bonchev–Trinajstić information content (AvgIpc) is 2.86. The van der Waals surface area contributed by atoms with Crippen LogP contribution in [0.4, 0.5) is 15.2 Å². The van der Waals surface area contributed by atoms with Crippen LogP contribution >= 0.6 is 11.3 Å². The van der Waals surface area contributed by atoms with Crippen LogP contribution in [0.15, 0.2) is 23.6 Å². The summed E-state index contributed by atoms with van der Waals surface area (Å²) in [5.41, 5.74) is 1.15. The van der Waals surface area contributed by atoms with E-state index in [2.05, 4.69) is 15.6 Å². The number of hydrogen-bond acceptors (Lipinski definition) is 4. The van der Waals surface area contributed by atoms with Crippen molar-refractivity contribution in [3.05, 3.63) is 29.4 Å². The van der Waals surface area contributed by atoms with E-state index in [-0.39, 0.29) is 11.8 Å². The molecule has 21 heavy (non-hydrogen) atoms. The largest absolute Gasteiger partial charge is 0.326 e. The van der Waals surface area contributed by atoms with Gasteiger partial charge in [0, 0.05) is 30.0 Å². The molecule has 0 unspecified atom stereocenters. The summed E-state index contributed by atoms with van der Waals surface area (Å²) in [5.74, 6) is -0.891. The second-order valence-electron chi connectivity index (χ2n) is 4.32. The second-order valence-corrected chi connectivity index (χ2v) is 5.17. The summed E-state index contributed by atoms with van der Waals surface area (Å²) in [7, 11) is 0. The lowest BCUT2D eigenvalue weighted by atomic mass is 10.1. The van der Waals surface area contributed by atoms with Gasteiger partial charge < -0.3 is 10.6 Å². The molecule has 5 nitrogen and oxygen atoms in total. The van der Waals surface area contributed by atoms with Gasteiger partial charge >= 0.3 is 0 Å². The maximum atomic E-state index is 14.1. The Hall–Kier alpha value is -2.28. The smallest absolute Gasteiger partial charge is 0.225 e. The molecule has 110 valence electrons. The third kappa shape index (κ3) is 3.85. The summed E-state index contributed by atoms with van der Waals surface area (Å²) < 4.78 is 14.1. The van der Waals surface area contributed by atoms with Gasteiger partial charge in [-0.3, -0.25) is 9.59 Å². The number of rotatable bonds is 4. The molecule has 0 aliphatic rings. The fraction of sp³-hybridized carbons (Fsp3) is 0.214. The van der Waals surface area contributed by atoms with Crippen molar-refractivity contribution in [1.82, 2.24) is 4.98 Å². The normalized spacial score (nSPS) is 10.2. The number of benzene rings is 1. The molecule has 0 fully saturated rings. The van der Waals surface area contributed by atoms with Gasteiger partial charge in [-0.1, -0.05) is 6.92 Å². The van der Waals surface area contributed by atoms with E-state index in [0.29, 0.717) is 28.5 Å². The molecule has 2 rings (SSSR count). The molecule has 0 saturated heterocycles. The minimum absolute atomic E-state index is 0.141. The highest BCUT2D eigenvalue weighted by Crippen LogP contribution is 2.28. The maximum Gasteiger partial charge on any atom is 0.225 e. The van der Waals surface area contributed by atoms with Gasteiger partial charge in [-0.25, -0.2) is 9.37 Å². The number of carbonyl (C=O) groups is 2. The number of anilines is 2. The summed E-state index contributed by atoms with van der Waals surface area (Å²) >= 11 is 1.23. The highest BCUT2D eigenvalue weighted by atomic mass is 32.1. The number of thiazole rings is 1. The Morgan fingerprint density at radius 3 is 2.71 bits per heavy atom. The first-order valence-corrected chi connectivity index (χ1v) is 7.20. The van der Waals surface area contributed by atoms with E-state index in [9.17, 15) is 14.0 Å². The topological polar surface area (TPSA) is 71.1 Å². The minimum Gasteiger partial charge on any atom is -0.326 e. The van der Waals surface area contributed by atoms with E-state index in [1.807, 2.05) is 0 Å². The molecule has 2 aromatic rings. The molecule has 0 radical (unpaired) electrons. The van der Waals surface area contributed by atoms with E-state index in [1.54, 1.807) is 24.4 Å². The van der Waals surface area contributed by atoms with Crippen molar-refractivity contribution >= 4 is 34.0 Å². The Labute approximate surface area is 125 Å². The van der Waals surface area contributed by atoms with Crippen molar-refractivity contribution in [2.45, 2.75) is 20.3 Å². The molecule has 1 aromatic heterocycles. The van der Waals surface area contributed by atoms with E-state index < -0.39 is 5.82 Å². The zero-order chi connectivity index (χ0) is 15.4. The van der Waals surface area contributed by atoms with E-state index in [0.717, 1.165) is 0 Å². The monoisotopic (exact) mass is 307 g/mol. The van der Waals surface area contributed by atoms with Gasteiger partial charge in [0.15, 0.2) is 5.13 Å². The van der Waals surface area contributed by atoms with Gasteiger partial charge in [0.25, 0.3) is 0 Å². The Kier molecular flexibility index (Phi) is 4.64. The molecule has 7 heteroatoms. The predicted molar refractivity (Wildman–Crippen MR) is 80.7 cm³/mol. The van der Waals surface area contributed by atoms with Crippen molar-refractivity contribution in [2.75, 3.05) is 10.6 Å². The first-order chi connectivity index (χ1) is 9.99.